The predicted molar refractivity (Wildman–Crippen MR) is 90.9 cm³/mol. The summed E-state index contributed by atoms with van der Waals surface area (Å²) in [5.41, 5.74) is 0. The van der Waals surface area contributed by atoms with Gasteiger partial charge >= 0.3 is 0 Å². The van der Waals surface area contributed by atoms with Crippen LogP contribution in [0.5, 0.6) is 0 Å². The second-order valence-corrected chi connectivity index (χ2v) is 7.80. The molecule has 0 aromatic carbocycles. The number of likely N-dealkylation sites (tertiary alicyclic amines) is 1. The van der Waals surface area contributed by atoms with Gasteiger partial charge in [-0.1, -0.05) is 38.5 Å². The van der Waals surface area contributed by atoms with E-state index >= 15 is 0 Å². The Kier molecular flexibility index (Phi) is 5.96. The van der Waals surface area contributed by atoms with E-state index in [1.807, 2.05) is 4.90 Å². The van der Waals surface area contributed by atoms with Crippen LogP contribution in [0.4, 0.5) is 0 Å². The number of hydrogen-bond acceptors (Lipinski definition) is 2. The molecular weight excluding hydrogens is 288 g/mol. The maximum Gasteiger partial charge on any atom is 0.225 e. The van der Waals surface area contributed by atoms with Gasteiger partial charge < -0.3 is 10.2 Å². The second kappa shape index (κ2) is 8.16. The number of hydrogen-bond donors (Lipinski definition) is 1. The highest BCUT2D eigenvalue weighted by Crippen LogP contribution is 2.28. The molecule has 1 atom stereocenters. The zero-order valence-electron chi connectivity index (χ0n) is 14.4. The quantitative estimate of drug-likeness (QED) is 0.868. The predicted octanol–water partition coefficient (Wildman–Crippen LogP) is 3.25. The van der Waals surface area contributed by atoms with Gasteiger partial charge in [0.15, 0.2) is 0 Å². The fourth-order valence-electron chi connectivity index (χ4n) is 4.57. The zero-order valence-corrected chi connectivity index (χ0v) is 14.4. The molecule has 1 aliphatic heterocycles. The topological polar surface area (TPSA) is 49.4 Å². The van der Waals surface area contributed by atoms with Crippen LogP contribution >= 0.6 is 0 Å². The summed E-state index contributed by atoms with van der Waals surface area (Å²) in [5, 5.41) is 3.25. The molecule has 1 heterocycles. The minimum absolute atomic E-state index is 0.0122. The Hall–Kier alpha value is -1.06. The zero-order chi connectivity index (χ0) is 16.1. The third kappa shape index (κ3) is 4.48. The van der Waals surface area contributed by atoms with E-state index in [1.165, 1.54) is 38.5 Å². The highest BCUT2D eigenvalue weighted by Gasteiger charge is 2.32. The van der Waals surface area contributed by atoms with E-state index in [1.54, 1.807) is 0 Å². The molecule has 0 bridgehead atoms. The molecule has 130 valence electrons. The summed E-state index contributed by atoms with van der Waals surface area (Å²) in [4.78, 5) is 27.3. The van der Waals surface area contributed by atoms with Gasteiger partial charge in [0.2, 0.25) is 11.8 Å². The van der Waals surface area contributed by atoms with E-state index in [0.717, 1.165) is 45.1 Å². The molecule has 2 amide bonds. The van der Waals surface area contributed by atoms with Crippen LogP contribution in [0.15, 0.2) is 0 Å². The maximum atomic E-state index is 12.7. The number of piperidine rings is 1. The number of carbonyl (C=O) groups is 2. The highest BCUT2D eigenvalue weighted by molar-refractivity contribution is 5.82. The SMILES string of the molecule is O=C(NC1CCCCC1)[C@@H]1CCCN(C(=O)C2CCCCC2)C1. The summed E-state index contributed by atoms with van der Waals surface area (Å²) >= 11 is 0. The first kappa shape index (κ1) is 16.8. The molecule has 0 radical (unpaired) electrons. The smallest absolute Gasteiger partial charge is 0.225 e. The normalized spacial score (nSPS) is 27.7. The van der Waals surface area contributed by atoms with E-state index in [9.17, 15) is 9.59 Å². The number of nitrogens with zero attached hydrogens (tertiary/aromatic N) is 1. The molecule has 2 saturated carbocycles. The van der Waals surface area contributed by atoms with Crippen molar-refractivity contribution in [2.45, 2.75) is 83.1 Å². The van der Waals surface area contributed by atoms with E-state index in [2.05, 4.69) is 5.32 Å². The second-order valence-electron chi connectivity index (χ2n) is 7.80. The van der Waals surface area contributed by atoms with Crippen molar-refractivity contribution >= 4 is 11.8 Å². The van der Waals surface area contributed by atoms with Crippen molar-refractivity contribution in [3.05, 3.63) is 0 Å². The van der Waals surface area contributed by atoms with E-state index in [0.29, 0.717) is 18.5 Å². The Balaban J connectivity index is 1.50. The van der Waals surface area contributed by atoms with Crippen molar-refractivity contribution < 1.29 is 9.59 Å². The summed E-state index contributed by atoms with van der Waals surface area (Å²) in [5.74, 6) is 0.750. The van der Waals surface area contributed by atoms with Gasteiger partial charge in [-0.15, -0.1) is 0 Å². The molecular formula is C19H32N2O2. The molecule has 4 nitrogen and oxygen atoms in total. The van der Waals surface area contributed by atoms with Gasteiger partial charge in [0.05, 0.1) is 5.92 Å². The van der Waals surface area contributed by atoms with Crippen LogP contribution in [0.2, 0.25) is 0 Å². The van der Waals surface area contributed by atoms with Crippen molar-refractivity contribution in [2.24, 2.45) is 11.8 Å². The number of carbonyl (C=O) groups excluding carboxylic acids is 2. The first-order valence-electron chi connectivity index (χ1n) is 9.83. The minimum atomic E-state index is 0.0122. The Morgan fingerprint density at radius 2 is 1.35 bits per heavy atom. The van der Waals surface area contributed by atoms with Crippen LogP contribution in [0, 0.1) is 11.8 Å². The fourth-order valence-corrected chi connectivity index (χ4v) is 4.57. The summed E-state index contributed by atoms with van der Waals surface area (Å²) < 4.78 is 0. The fraction of sp³-hybridized carbons (Fsp3) is 0.895. The minimum Gasteiger partial charge on any atom is -0.353 e. The molecule has 3 aliphatic rings. The lowest BCUT2D eigenvalue weighted by Crippen LogP contribution is -2.49. The Morgan fingerprint density at radius 3 is 2.04 bits per heavy atom. The lowest BCUT2D eigenvalue weighted by Gasteiger charge is -2.36. The van der Waals surface area contributed by atoms with Gasteiger partial charge in [-0.3, -0.25) is 9.59 Å². The molecule has 4 heteroatoms. The standard InChI is InChI=1S/C19H32N2O2/c22-18(20-17-11-5-2-6-12-17)16-10-7-13-21(14-16)19(23)15-8-3-1-4-9-15/h15-17H,1-14H2,(H,20,22)/t16-/m1/s1. The van der Waals surface area contributed by atoms with Crippen LogP contribution in [0.3, 0.4) is 0 Å². The summed E-state index contributed by atoms with van der Waals surface area (Å²) in [6.07, 6.45) is 13.7. The Bertz CT molecular complexity index is 412. The van der Waals surface area contributed by atoms with Gasteiger partial charge in [0, 0.05) is 25.0 Å². The van der Waals surface area contributed by atoms with E-state index in [-0.39, 0.29) is 17.7 Å². The molecule has 1 N–H and O–H groups in total. The monoisotopic (exact) mass is 320 g/mol. The van der Waals surface area contributed by atoms with Crippen LogP contribution in [-0.4, -0.2) is 35.8 Å². The molecule has 0 aromatic heterocycles. The molecule has 0 unspecified atom stereocenters. The number of rotatable bonds is 3. The van der Waals surface area contributed by atoms with Crippen molar-refractivity contribution in [3.8, 4) is 0 Å². The van der Waals surface area contributed by atoms with Gasteiger partial charge in [0.1, 0.15) is 0 Å². The largest absolute Gasteiger partial charge is 0.353 e. The summed E-state index contributed by atoms with van der Waals surface area (Å²) in [6.45, 7) is 1.50. The van der Waals surface area contributed by atoms with Crippen LogP contribution < -0.4 is 5.32 Å². The van der Waals surface area contributed by atoms with Gasteiger partial charge in [0.25, 0.3) is 0 Å². The lowest BCUT2D eigenvalue weighted by atomic mass is 9.87. The molecule has 1 saturated heterocycles. The average Bonchev–Trinajstić information content (AvgIpc) is 2.63. The summed E-state index contributed by atoms with van der Waals surface area (Å²) in [7, 11) is 0. The number of amides is 2. The lowest BCUT2D eigenvalue weighted by molar-refractivity contribution is -0.140. The van der Waals surface area contributed by atoms with Crippen molar-refractivity contribution in [3.63, 3.8) is 0 Å². The summed E-state index contributed by atoms with van der Waals surface area (Å²) in [6, 6.07) is 0.376. The Morgan fingerprint density at radius 1 is 0.739 bits per heavy atom. The van der Waals surface area contributed by atoms with Crippen LogP contribution in [0.1, 0.15) is 77.0 Å². The third-order valence-electron chi connectivity index (χ3n) is 6.01. The van der Waals surface area contributed by atoms with Crippen LogP contribution in [0.25, 0.3) is 0 Å². The Labute approximate surface area is 140 Å². The van der Waals surface area contributed by atoms with E-state index < -0.39 is 0 Å². The molecule has 0 aromatic rings. The molecule has 3 fully saturated rings. The molecule has 3 rings (SSSR count). The van der Waals surface area contributed by atoms with Gasteiger partial charge in [-0.25, -0.2) is 0 Å². The first-order valence-corrected chi connectivity index (χ1v) is 9.83. The van der Waals surface area contributed by atoms with Gasteiger partial charge in [-0.2, -0.15) is 0 Å². The maximum absolute atomic E-state index is 12.7. The molecule has 23 heavy (non-hydrogen) atoms. The third-order valence-corrected chi connectivity index (χ3v) is 6.01. The highest BCUT2D eigenvalue weighted by atomic mass is 16.2. The first-order chi connectivity index (χ1) is 11.2. The van der Waals surface area contributed by atoms with E-state index in [4.69, 9.17) is 0 Å². The molecule has 2 aliphatic carbocycles. The number of nitrogens with one attached hydrogen (secondary N) is 1. The molecule has 0 spiro atoms. The van der Waals surface area contributed by atoms with Crippen molar-refractivity contribution in [2.75, 3.05) is 13.1 Å². The average molecular weight is 320 g/mol. The van der Waals surface area contributed by atoms with Crippen LogP contribution in [-0.2, 0) is 9.59 Å². The van der Waals surface area contributed by atoms with Crippen molar-refractivity contribution in [1.82, 2.24) is 10.2 Å². The van der Waals surface area contributed by atoms with Gasteiger partial charge in [-0.05, 0) is 38.5 Å². The van der Waals surface area contributed by atoms with Crippen molar-refractivity contribution in [1.29, 1.82) is 0 Å².